The Morgan fingerprint density at radius 2 is 1.14 bits per heavy atom. The molecule has 0 radical (unpaired) electrons. The van der Waals surface area contributed by atoms with Crippen molar-refractivity contribution < 1.29 is 0 Å². The predicted octanol–water partition coefficient (Wildman–Crippen LogP) is 6.16. The van der Waals surface area contributed by atoms with Crippen LogP contribution in [0.4, 0.5) is 0 Å². The van der Waals surface area contributed by atoms with Gasteiger partial charge in [-0.05, 0) is 38.7 Å². The maximum absolute atomic E-state index is 2.27. The van der Waals surface area contributed by atoms with Crippen LogP contribution < -0.4 is 0 Å². The predicted molar refractivity (Wildman–Crippen MR) is 96.8 cm³/mol. The minimum absolute atomic E-state index is 1.22. The standard InChI is InChI=1S/C22H16/c1-2-8-17(9-3-1)14-15-19-16-18-10-4-5-11-20(18)22-13-7-6-12-21(19)22/h1-16H/b15-14-. The van der Waals surface area contributed by atoms with E-state index in [1.165, 1.54) is 32.7 Å². The van der Waals surface area contributed by atoms with Gasteiger partial charge in [0.2, 0.25) is 0 Å². The first-order chi connectivity index (χ1) is 10.9. The summed E-state index contributed by atoms with van der Waals surface area (Å²) in [5, 5.41) is 5.21. The van der Waals surface area contributed by atoms with Gasteiger partial charge in [0.15, 0.2) is 0 Å². The zero-order valence-electron chi connectivity index (χ0n) is 12.2. The average molecular weight is 280 g/mol. The minimum atomic E-state index is 1.22. The molecule has 0 aromatic heterocycles. The lowest BCUT2D eigenvalue weighted by Crippen LogP contribution is -1.82. The van der Waals surface area contributed by atoms with Crippen molar-refractivity contribution >= 4 is 33.7 Å². The van der Waals surface area contributed by atoms with Gasteiger partial charge in [-0.15, -0.1) is 0 Å². The van der Waals surface area contributed by atoms with E-state index < -0.39 is 0 Å². The molecule has 0 spiro atoms. The first-order valence-corrected chi connectivity index (χ1v) is 7.55. The highest BCUT2D eigenvalue weighted by molar-refractivity contribution is 6.11. The summed E-state index contributed by atoms with van der Waals surface area (Å²) >= 11 is 0. The molecule has 0 N–H and O–H groups in total. The van der Waals surface area contributed by atoms with Crippen molar-refractivity contribution in [3.63, 3.8) is 0 Å². The fourth-order valence-electron chi connectivity index (χ4n) is 2.97. The first kappa shape index (κ1) is 12.8. The Kier molecular flexibility index (Phi) is 3.21. The van der Waals surface area contributed by atoms with E-state index in [0.29, 0.717) is 0 Å². The summed E-state index contributed by atoms with van der Waals surface area (Å²) in [5.74, 6) is 0. The molecule has 0 aliphatic heterocycles. The van der Waals surface area contributed by atoms with Gasteiger partial charge in [-0.1, -0.05) is 91.0 Å². The number of benzene rings is 4. The third-order valence-electron chi connectivity index (χ3n) is 4.05. The molecular formula is C22H16. The molecular weight excluding hydrogens is 264 g/mol. The summed E-state index contributed by atoms with van der Waals surface area (Å²) < 4.78 is 0. The van der Waals surface area contributed by atoms with Gasteiger partial charge in [-0.2, -0.15) is 0 Å². The van der Waals surface area contributed by atoms with E-state index in [1.807, 2.05) is 6.07 Å². The topological polar surface area (TPSA) is 0 Å². The average Bonchev–Trinajstić information content (AvgIpc) is 2.60. The van der Waals surface area contributed by atoms with Crippen LogP contribution in [-0.4, -0.2) is 0 Å². The summed E-state index contributed by atoms with van der Waals surface area (Å²) in [7, 11) is 0. The fourth-order valence-corrected chi connectivity index (χ4v) is 2.97. The van der Waals surface area contributed by atoms with Gasteiger partial charge in [0.25, 0.3) is 0 Å². The maximum Gasteiger partial charge on any atom is -0.00994 e. The lowest BCUT2D eigenvalue weighted by Gasteiger charge is -2.07. The maximum atomic E-state index is 2.27. The molecule has 4 aromatic rings. The van der Waals surface area contributed by atoms with E-state index >= 15 is 0 Å². The van der Waals surface area contributed by atoms with Gasteiger partial charge in [0.05, 0.1) is 0 Å². The molecule has 0 heterocycles. The van der Waals surface area contributed by atoms with E-state index in [1.54, 1.807) is 0 Å². The summed E-state index contributed by atoms with van der Waals surface area (Å²) in [6.07, 6.45) is 4.39. The van der Waals surface area contributed by atoms with Crippen molar-refractivity contribution in [3.8, 4) is 0 Å². The monoisotopic (exact) mass is 280 g/mol. The van der Waals surface area contributed by atoms with Crippen molar-refractivity contribution in [2.75, 3.05) is 0 Å². The highest BCUT2D eigenvalue weighted by Gasteiger charge is 2.03. The van der Waals surface area contributed by atoms with E-state index in [2.05, 4.69) is 91.0 Å². The van der Waals surface area contributed by atoms with Gasteiger partial charge in [0, 0.05) is 0 Å². The molecule has 22 heavy (non-hydrogen) atoms. The lowest BCUT2D eigenvalue weighted by molar-refractivity contribution is 1.66. The molecule has 0 fully saturated rings. The SMILES string of the molecule is C(=C/c1cc2ccccc2c2ccccc12)/c1ccccc1. The summed E-state index contributed by atoms with van der Waals surface area (Å²) in [5.41, 5.74) is 2.48. The van der Waals surface area contributed by atoms with Crippen LogP contribution in [0.5, 0.6) is 0 Å². The van der Waals surface area contributed by atoms with E-state index in [4.69, 9.17) is 0 Å². The highest BCUT2D eigenvalue weighted by atomic mass is 14.1. The van der Waals surface area contributed by atoms with Crippen molar-refractivity contribution in [2.45, 2.75) is 0 Å². The van der Waals surface area contributed by atoms with Crippen LogP contribution in [-0.2, 0) is 0 Å². The molecule has 0 bridgehead atoms. The Morgan fingerprint density at radius 3 is 1.95 bits per heavy atom. The van der Waals surface area contributed by atoms with Crippen molar-refractivity contribution in [3.05, 3.63) is 96.1 Å². The second-order valence-electron chi connectivity index (χ2n) is 5.48. The van der Waals surface area contributed by atoms with Crippen molar-refractivity contribution in [2.24, 2.45) is 0 Å². The third kappa shape index (κ3) is 2.29. The first-order valence-electron chi connectivity index (χ1n) is 7.55. The Morgan fingerprint density at radius 1 is 0.500 bits per heavy atom. The smallest absolute Gasteiger partial charge is 0.00994 e. The molecule has 0 amide bonds. The van der Waals surface area contributed by atoms with Gasteiger partial charge in [-0.25, -0.2) is 0 Å². The Balaban J connectivity index is 1.94. The molecule has 0 atom stereocenters. The molecule has 104 valence electrons. The van der Waals surface area contributed by atoms with Crippen LogP contribution in [0.2, 0.25) is 0 Å². The number of hydrogen-bond acceptors (Lipinski definition) is 0. The van der Waals surface area contributed by atoms with Crippen LogP contribution in [0.25, 0.3) is 33.7 Å². The highest BCUT2D eigenvalue weighted by Crippen LogP contribution is 2.29. The van der Waals surface area contributed by atoms with Crippen LogP contribution >= 0.6 is 0 Å². The molecule has 0 saturated carbocycles. The number of fused-ring (bicyclic) bond motifs is 3. The second kappa shape index (κ2) is 5.50. The van der Waals surface area contributed by atoms with Crippen molar-refractivity contribution in [1.82, 2.24) is 0 Å². The van der Waals surface area contributed by atoms with Crippen LogP contribution in [0.1, 0.15) is 11.1 Å². The molecule has 0 aliphatic rings. The molecule has 0 heteroatoms. The number of hydrogen-bond donors (Lipinski definition) is 0. The van der Waals surface area contributed by atoms with Crippen LogP contribution in [0, 0.1) is 0 Å². The molecule has 0 nitrogen and oxygen atoms in total. The van der Waals surface area contributed by atoms with Gasteiger partial charge >= 0.3 is 0 Å². The molecule has 0 unspecified atom stereocenters. The van der Waals surface area contributed by atoms with Crippen LogP contribution in [0.3, 0.4) is 0 Å². The minimum Gasteiger partial charge on any atom is -0.0622 e. The summed E-state index contributed by atoms with van der Waals surface area (Å²) in [6.45, 7) is 0. The molecule has 0 aliphatic carbocycles. The Labute approximate surface area is 130 Å². The largest absolute Gasteiger partial charge is 0.0622 e. The molecule has 4 rings (SSSR count). The zero-order valence-corrected chi connectivity index (χ0v) is 12.2. The van der Waals surface area contributed by atoms with E-state index in [-0.39, 0.29) is 0 Å². The Hall–Kier alpha value is -2.86. The quantitative estimate of drug-likeness (QED) is 0.304. The van der Waals surface area contributed by atoms with E-state index in [9.17, 15) is 0 Å². The lowest BCUT2D eigenvalue weighted by atomic mass is 9.97. The summed E-state index contributed by atoms with van der Waals surface area (Å²) in [6, 6.07) is 29.9. The summed E-state index contributed by atoms with van der Waals surface area (Å²) in [4.78, 5) is 0. The van der Waals surface area contributed by atoms with Gasteiger partial charge in [-0.3, -0.25) is 0 Å². The van der Waals surface area contributed by atoms with Gasteiger partial charge < -0.3 is 0 Å². The molecule has 4 aromatic carbocycles. The normalized spacial score (nSPS) is 11.5. The Bertz CT molecular complexity index is 963. The number of rotatable bonds is 2. The second-order valence-corrected chi connectivity index (χ2v) is 5.48. The van der Waals surface area contributed by atoms with E-state index in [0.717, 1.165) is 0 Å². The fraction of sp³-hybridized carbons (Fsp3) is 0. The molecule has 0 saturated heterocycles. The third-order valence-corrected chi connectivity index (χ3v) is 4.05. The van der Waals surface area contributed by atoms with Gasteiger partial charge in [0.1, 0.15) is 0 Å². The van der Waals surface area contributed by atoms with Crippen molar-refractivity contribution in [1.29, 1.82) is 0 Å². The zero-order chi connectivity index (χ0) is 14.8. The van der Waals surface area contributed by atoms with Crippen LogP contribution in [0.15, 0.2) is 84.9 Å².